The van der Waals surface area contributed by atoms with E-state index in [4.69, 9.17) is 4.74 Å². The molecule has 0 atom stereocenters. The van der Waals surface area contributed by atoms with Crippen LogP contribution in [0, 0.1) is 0 Å². The van der Waals surface area contributed by atoms with Crippen molar-refractivity contribution in [1.29, 1.82) is 0 Å². The molecule has 0 unspecified atom stereocenters. The number of ketones is 1. The Morgan fingerprint density at radius 2 is 2.21 bits per heavy atom. The summed E-state index contributed by atoms with van der Waals surface area (Å²) in [6.45, 7) is 1.54. The number of aromatic nitrogens is 1. The molecule has 1 heterocycles. The highest BCUT2D eigenvalue weighted by Crippen LogP contribution is 2.25. The average Bonchev–Trinajstić information content (AvgIpc) is 2.60. The number of methoxy groups -OCH3 is 1. The van der Waals surface area contributed by atoms with E-state index in [1.165, 1.54) is 6.92 Å². The van der Waals surface area contributed by atoms with Gasteiger partial charge in [-0.15, -0.1) is 0 Å². The van der Waals surface area contributed by atoms with Crippen LogP contribution < -0.4 is 4.74 Å². The summed E-state index contributed by atoms with van der Waals surface area (Å²) in [4.78, 5) is 14.2. The van der Waals surface area contributed by atoms with Crippen molar-refractivity contribution in [2.45, 2.75) is 6.92 Å². The average molecular weight is 189 g/mol. The number of Topliss-reactive ketones (excluding diaryl/α,β-unsaturated/α-hetero) is 1. The van der Waals surface area contributed by atoms with Crippen molar-refractivity contribution in [3.8, 4) is 5.75 Å². The highest BCUT2D eigenvalue weighted by atomic mass is 16.5. The number of carbonyl (C=O) groups excluding carboxylic acids is 1. The van der Waals surface area contributed by atoms with Gasteiger partial charge in [0.2, 0.25) is 0 Å². The van der Waals surface area contributed by atoms with Crippen molar-refractivity contribution in [3.05, 3.63) is 30.0 Å². The van der Waals surface area contributed by atoms with Gasteiger partial charge in [0.1, 0.15) is 5.75 Å². The van der Waals surface area contributed by atoms with Crippen LogP contribution in [-0.4, -0.2) is 17.9 Å². The summed E-state index contributed by atoms with van der Waals surface area (Å²) in [6, 6.07) is 7.50. The first-order valence-corrected chi connectivity index (χ1v) is 4.39. The molecule has 0 fully saturated rings. The van der Waals surface area contributed by atoms with Crippen molar-refractivity contribution >= 4 is 16.7 Å². The second-order valence-corrected chi connectivity index (χ2v) is 3.16. The zero-order chi connectivity index (χ0) is 10.1. The predicted octanol–water partition coefficient (Wildman–Crippen LogP) is 2.38. The van der Waals surface area contributed by atoms with Gasteiger partial charge in [0.25, 0.3) is 0 Å². The SMILES string of the molecule is COc1cccc2[nH]c(C(C)=O)cc12. The number of benzene rings is 1. The van der Waals surface area contributed by atoms with Crippen LogP contribution in [0.25, 0.3) is 10.9 Å². The first-order valence-electron chi connectivity index (χ1n) is 4.39. The quantitative estimate of drug-likeness (QED) is 0.737. The van der Waals surface area contributed by atoms with E-state index in [9.17, 15) is 4.79 Å². The van der Waals surface area contributed by atoms with Gasteiger partial charge in [0.15, 0.2) is 5.78 Å². The molecule has 2 rings (SSSR count). The summed E-state index contributed by atoms with van der Waals surface area (Å²) in [7, 11) is 1.62. The van der Waals surface area contributed by atoms with Crippen LogP contribution in [0.15, 0.2) is 24.3 Å². The topological polar surface area (TPSA) is 42.1 Å². The number of ether oxygens (including phenoxy) is 1. The summed E-state index contributed by atoms with van der Waals surface area (Å²) in [5.41, 5.74) is 1.54. The molecule has 0 saturated heterocycles. The van der Waals surface area contributed by atoms with Crippen LogP contribution in [0.2, 0.25) is 0 Å². The standard InChI is InChI=1S/C11H11NO2/c1-7(13)10-6-8-9(12-10)4-3-5-11(8)14-2/h3-6,12H,1-2H3. The number of aromatic amines is 1. The van der Waals surface area contributed by atoms with Gasteiger partial charge in [-0.1, -0.05) is 6.07 Å². The van der Waals surface area contributed by atoms with Crippen LogP contribution in [-0.2, 0) is 0 Å². The molecule has 1 aromatic heterocycles. The minimum absolute atomic E-state index is 0.0308. The molecule has 0 radical (unpaired) electrons. The zero-order valence-corrected chi connectivity index (χ0v) is 8.13. The summed E-state index contributed by atoms with van der Waals surface area (Å²) in [5, 5.41) is 0.945. The normalized spacial score (nSPS) is 10.4. The molecular formula is C11H11NO2. The fourth-order valence-electron chi connectivity index (χ4n) is 1.50. The first kappa shape index (κ1) is 8.81. The van der Waals surface area contributed by atoms with E-state index in [-0.39, 0.29) is 5.78 Å². The molecule has 0 aliphatic rings. The molecule has 3 heteroatoms. The monoisotopic (exact) mass is 189 g/mol. The minimum atomic E-state index is 0.0308. The van der Waals surface area contributed by atoms with Crippen LogP contribution in [0.1, 0.15) is 17.4 Å². The van der Waals surface area contributed by atoms with E-state index in [0.29, 0.717) is 5.69 Å². The third-order valence-corrected chi connectivity index (χ3v) is 2.22. The van der Waals surface area contributed by atoms with Crippen molar-refractivity contribution in [1.82, 2.24) is 4.98 Å². The van der Waals surface area contributed by atoms with Gasteiger partial charge in [0.05, 0.1) is 12.8 Å². The van der Waals surface area contributed by atoms with E-state index in [1.807, 2.05) is 24.3 Å². The number of rotatable bonds is 2. The van der Waals surface area contributed by atoms with Crippen LogP contribution >= 0.6 is 0 Å². The van der Waals surface area contributed by atoms with Crippen molar-refractivity contribution < 1.29 is 9.53 Å². The third kappa shape index (κ3) is 1.27. The fraction of sp³-hybridized carbons (Fsp3) is 0.182. The molecular weight excluding hydrogens is 178 g/mol. The maximum absolute atomic E-state index is 11.1. The van der Waals surface area contributed by atoms with E-state index in [2.05, 4.69) is 4.98 Å². The maximum Gasteiger partial charge on any atom is 0.175 e. The minimum Gasteiger partial charge on any atom is -0.496 e. The second kappa shape index (κ2) is 3.18. The molecule has 14 heavy (non-hydrogen) atoms. The van der Waals surface area contributed by atoms with E-state index in [0.717, 1.165) is 16.7 Å². The Morgan fingerprint density at radius 3 is 2.86 bits per heavy atom. The zero-order valence-electron chi connectivity index (χ0n) is 8.13. The van der Waals surface area contributed by atoms with Crippen LogP contribution in [0.3, 0.4) is 0 Å². The molecule has 0 amide bonds. The second-order valence-electron chi connectivity index (χ2n) is 3.16. The summed E-state index contributed by atoms with van der Waals surface area (Å²) < 4.78 is 5.19. The summed E-state index contributed by atoms with van der Waals surface area (Å²) >= 11 is 0. The Balaban J connectivity index is 2.70. The van der Waals surface area contributed by atoms with Crippen molar-refractivity contribution in [2.75, 3.05) is 7.11 Å². The van der Waals surface area contributed by atoms with E-state index in [1.54, 1.807) is 7.11 Å². The summed E-state index contributed by atoms with van der Waals surface area (Å²) in [6.07, 6.45) is 0. The molecule has 0 saturated carbocycles. The van der Waals surface area contributed by atoms with Crippen LogP contribution in [0.5, 0.6) is 5.75 Å². The highest BCUT2D eigenvalue weighted by molar-refractivity contribution is 5.99. The first-order chi connectivity index (χ1) is 6.72. The number of hydrogen-bond donors (Lipinski definition) is 1. The van der Waals surface area contributed by atoms with E-state index < -0.39 is 0 Å². The van der Waals surface area contributed by atoms with Gasteiger partial charge in [0, 0.05) is 17.8 Å². The Kier molecular flexibility index (Phi) is 2.00. The largest absolute Gasteiger partial charge is 0.496 e. The Bertz CT molecular complexity index is 485. The van der Waals surface area contributed by atoms with E-state index >= 15 is 0 Å². The lowest BCUT2D eigenvalue weighted by Crippen LogP contribution is -1.89. The molecule has 1 N–H and O–H groups in total. The third-order valence-electron chi connectivity index (χ3n) is 2.22. The van der Waals surface area contributed by atoms with Gasteiger partial charge in [-0.25, -0.2) is 0 Å². The molecule has 0 aliphatic heterocycles. The predicted molar refractivity (Wildman–Crippen MR) is 54.9 cm³/mol. The molecule has 2 aromatic rings. The number of carbonyl (C=O) groups is 1. The highest BCUT2D eigenvalue weighted by Gasteiger charge is 2.07. The van der Waals surface area contributed by atoms with Gasteiger partial charge < -0.3 is 9.72 Å². The molecule has 0 aliphatic carbocycles. The summed E-state index contributed by atoms with van der Waals surface area (Å²) in [5.74, 6) is 0.814. The Hall–Kier alpha value is -1.77. The fourth-order valence-corrected chi connectivity index (χ4v) is 1.50. The number of H-pyrrole nitrogens is 1. The lowest BCUT2D eigenvalue weighted by molar-refractivity contribution is 0.101. The lowest BCUT2D eigenvalue weighted by atomic mass is 10.2. The molecule has 0 spiro atoms. The van der Waals surface area contributed by atoms with Gasteiger partial charge in [-0.05, 0) is 18.2 Å². The lowest BCUT2D eigenvalue weighted by Gasteiger charge is -1.99. The molecule has 72 valence electrons. The van der Waals surface area contributed by atoms with Crippen molar-refractivity contribution in [3.63, 3.8) is 0 Å². The van der Waals surface area contributed by atoms with Crippen LogP contribution in [0.4, 0.5) is 0 Å². The van der Waals surface area contributed by atoms with Gasteiger partial charge in [-0.3, -0.25) is 4.79 Å². The molecule has 3 nitrogen and oxygen atoms in total. The van der Waals surface area contributed by atoms with Gasteiger partial charge in [-0.2, -0.15) is 0 Å². The number of hydrogen-bond acceptors (Lipinski definition) is 2. The Morgan fingerprint density at radius 1 is 1.43 bits per heavy atom. The number of fused-ring (bicyclic) bond motifs is 1. The number of nitrogens with one attached hydrogen (secondary N) is 1. The molecule has 0 bridgehead atoms. The smallest absolute Gasteiger partial charge is 0.175 e. The Labute approximate surface area is 81.7 Å². The van der Waals surface area contributed by atoms with Gasteiger partial charge >= 0.3 is 0 Å². The van der Waals surface area contributed by atoms with Crippen molar-refractivity contribution in [2.24, 2.45) is 0 Å². The molecule has 1 aromatic carbocycles. The maximum atomic E-state index is 11.1.